The van der Waals surface area contributed by atoms with Crippen LogP contribution in [-0.4, -0.2) is 21.9 Å². The van der Waals surface area contributed by atoms with Crippen molar-refractivity contribution in [2.45, 2.75) is 17.2 Å². The lowest BCUT2D eigenvalue weighted by atomic mass is 10.5. The van der Waals surface area contributed by atoms with E-state index in [-0.39, 0.29) is 11.9 Å². The van der Waals surface area contributed by atoms with Crippen molar-refractivity contribution in [3.63, 3.8) is 0 Å². The molecule has 0 bridgehead atoms. The number of nitrogens with zero attached hydrogens (tertiary/aromatic N) is 1. The van der Waals surface area contributed by atoms with Gasteiger partial charge in [0.1, 0.15) is 0 Å². The molecule has 0 aliphatic carbocycles. The highest BCUT2D eigenvalue weighted by molar-refractivity contribution is 7.99. The molecule has 0 radical (unpaired) electrons. The van der Waals surface area contributed by atoms with Gasteiger partial charge in [0.25, 0.3) is 0 Å². The number of thioether (sulfide) groups is 1. The van der Waals surface area contributed by atoms with Crippen molar-refractivity contribution in [3.05, 3.63) is 23.4 Å². The van der Waals surface area contributed by atoms with Crippen molar-refractivity contribution in [2.24, 2.45) is 0 Å². The highest BCUT2D eigenvalue weighted by Gasteiger charge is 2.02. The van der Waals surface area contributed by atoms with E-state index in [1.807, 2.05) is 13.0 Å². The molecule has 1 aromatic heterocycles. The number of halogens is 1. The van der Waals surface area contributed by atoms with Crippen LogP contribution in [0.3, 0.4) is 0 Å². The maximum absolute atomic E-state index is 8.78. The molecule has 0 amide bonds. The lowest BCUT2D eigenvalue weighted by molar-refractivity contribution is 0.300. The Kier molecular flexibility index (Phi) is 3.85. The fourth-order valence-corrected chi connectivity index (χ4v) is 1.53. The van der Waals surface area contributed by atoms with Gasteiger partial charge in [-0.3, -0.25) is 0 Å². The van der Waals surface area contributed by atoms with Crippen LogP contribution in [-0.2, 0) is 0 Å². The smallest absolute Gasteiger partial charge is 0.0964 e. The number of hydrogen-bond donors (Lipinski definition) is 1. The van der Waals surface area contributed by atoms with Gasteiger partial charge in [-0.25, -0.2) is 4.98 Å². The number of hydrogen-bond acceptors (Lipinski definition) is 3. The SMILES string of the molecule is CC(CO)Sc1ccc(Cl)cn1. The molecular weight excluding hydrogens is 194 g/mol. The number of pyridine rings is 1. The predicted octanol–water partition coefficient (Wildman–Crippen LogP) is 2.21. The van der Waals surface area contributed by atoms with Gasteiger partial charge in [0, 0.05) is 11.4 Å². The molecule has 1 aromatic rings. The Balaban J connectivity index is 2.58. The van der Waals surface area contributed by atoms with Crippen molar-refractivity contribution in [1.29, 1.82) is 0 Å². The Hall–Kier alpha value is -0.250. The highest BCUT2D eigenvalue weighted by atomic mass is 35.5. The van der Waals surface area contributed by atoms with Crippen LogP contribution in [0.5, 0.6) is 0 Å². The van der Waals surface area contributed by atoms with Crippen LogP contribution >= 0.6 is 23.4 Å². The van der Waals surface area contributed by atoms with E-state index >= 15 is 0 Å². The molecule has 2 nitrogen and oxygen atoms in total. The number of aliphatic hydroxyl groups is 1. The van der Waals surface area contributed by atoms with Crippen LogP contribution in [0, 0.1) is 0 Å². The lowest BCUT2D eigenvalue weighted by Crippen LogP contribution is -2.01. The van der Waals surface area contributed by atoms with Gasteiger partial charge < -0.3 is 5.11 Å². The van der Waals surface area contributed by atoms with Crippen molar-refractivity contribution in [3.8, 4) is 0 Å². The third-order valence-corrected chi connectivity index (χ3v) is 2.54. The first-order valence-corrected chi connectivity index (χ1v) is 4.87. The van der Waals surface area contributed by atoms with Crippen LogP contribution < -0.4 is 0 Å². The molecule has 0 aliphatic heterocycles. The molecule has 0 saturated heterocycles. The zero-order valence-electron chi connectivity index (χ0n) is 6.70. The van der Waals surface area contributed by atoms with E-state index in [0.717, 1.165) is 5.03 Å². The molecule has 4 heteroatoms. The fourth-order valence-electron chi connectivity index (χ4n) is 0.675. The number of aliphatic hydroxyl groups excluding tert-OH is 1. The van der Waals surface area contributed by atoms with E-state index in [9.17, 15) is 0 Å². The minimum absolute atomic E-state index is 0.162. The summed E-state index contributed by atoms with van der Waals surface area (Å²) in [6.45, 7) is 2.11. The van der Waals surface area contributed by atoms with Gasteiger partial charge in [-0.2, -0.15) is 0 Å². The predicted molar refractivity (Wildman–Crippen MR) is 51.7 cm³/mol. The van der Waals surface area contributed by atoms with E-state index in [2.05, 4.69) is 4.98 Å². The second-order valence-corrected chi connectivity index (χ2v) is 4.32. The van der Waals surface area contributed by atoms with Gasteiger partial charge >= 0.3 is 0 Å². The molecule has 1 unspecified atom stereocenters. The van der Waals surface area contributed by atoms with Crippen LogP contribution in [0.15, 0.2) is 23.4 Å². The third-order valence-electron chi connectivity index (χ3n) is 1.28. The summed E-state index contributed by atoms with van der Waals surface area (Å²) in [6.07, 6.45) is 1.61. The summed E-state index contributed by atoms with van der Waals surface area (Å²) in [4.78, 5) is 4.09. The minimum atomic E-state index is 0.162. The van der Waals surface area contributed by atoms with Crippen molar-refractivity contribution in [2.75, 3.05) is 6.61 Å². The van der Waals surface area contributed by atoms with Crippen molar-refractivity contribution >= 4 is 23.4 Å². The Morgan fingerprint density at radius 3 is 2.92 bits per heavy atom. The highest BCUT2D eigenvalue weighted by Crippen LogP contribution is 2.21. The maximum atomic E-state index is 8.78. The average Bonchev–Trinajstić information content (AvgIpc) is 2.09. The molecule has 12 heavy (non-hydrogen) atoms. The monoisotopic (exact) mass is 203 g/mol. The Morgan fingerprint density at radius 2 is 2.42 bits per heavy atom. The van der Waals surface area contributed by atoms with Gasteiger partial charge in [-0.1, -0.05) is 18.5 Å². The molecular formula is C8H10ClNOS. The summed E-state index contributed by atoms with van der Waals surface area (Å²) < 4.78 is 0. The zero-order chi connectivity index (χ0) is 8.97. The summed E-state index contributed by atoms with van der Waals surface area (Å²) in [6, 6.07) is 3.64. The molecule has 66 valence electrons. The van der Waals surface area contributed by atoms with Crippen LogP contribution in [0.4, 0.5) is 0 Å². The van der Waals surface area contributed by atoms with Crippen molar-refractivity contribution in [1.82, 2.24) is 4.98 Å². The molecule has 1 heterocycles. The van der Waals surface area contributed by atoms with Gasteiger partial charge in [0.15, 0.2) is 0 Å². The first-order chi connectivity index (χ1) is 5.72. The van der Waals surface area contributed by atoms with Crippen molar-refractivity contribution < 1.29 is 5.11 Å². The first-order valence-electron chi connectivity index (χ1n) is 3.61. The van der Waals surface area contributed by atoms with Crippen LogP contribution in [0.2, 0.25) is 5.02 Å². The van der Waals surface area contributed by atoms with E-state index in [0.29, 0.717) is 5.02 Å². The molecule has 0 saturated carbocycles. The summed E-state index contributed by atoms with van der Waals surface area (Å²) in [7, 11) is 0. The fraction of sp³-hybridized carbons (Fsp3) is 0.375. The Labute approximate surface area is 81.0 Å². The number of aromatic nitrogens is 1. The summed E-state index contributed by atoms with van der Waals surface area (Å²) in [5, 5.41) is 10.5. The summed E-state index contributed by atoms with van der Waals surface area (Å²) in [5.41, 5.74) is 0. The average molecular weight is 204 g/mol. The largest absolute Gasteiger partial charge is 0.395 e. The minimum Gasteiger partial charge on any atom is -0.395 e. The van der Waals surface area contributed by atoms with Gasteiger partial charge in [-0.15, -0.1) is 11.8 Å². The second-order valence-electron chi connectivity index (χ2n) is 2.43. The van der Waals surface area contributed by atoms with Gasteiger partial charge in [-0.05, 0) is 12.1 Å². The maximum Gasteiger partial charge on any atom is 0.0964 e. The molecule has 1 rings (SSSR count). The van der Waals surface area contributed by atoms with E-state index in [1.165, 1.54) is 11.8 Å². The third kappa shape index (κ3) is 3.01. The molecule has 1 N–H and O–H groups in total. The summed E-state index contributed by atoms with van der Waals surface area (Å²) >= 11 is 7.19. The van der Waals surface area contributed by atoms with E-state index in [1.54, 1.807) is 12.3 Å². The standard InChI is InChI=1S/C8H10ClNOS/c1-6(5-11)12-8-3-2-7(9)4-10-8/h2-4,6,11H,5H2,1H3. The van der Waals surface area contributed by atoms with Crippen LogP contribution in [0.1, 0.15) is 6.92 Å². The molecule has 0 fully saturated rings. The lowest BCUT2D eigenvalue weighted by Gasteiger charge is -2.05. The Bertz CT molecular complexity index is 239. The zero-order valence-corrected chi connectivity index (χ0v) is 8.27. The second kappa shape index (κ2) is 4.70. The van der Waals surface area contributed by atoms with Crippen LogP contribution in [0.25, 0.3) is 0 Å². The molecule has 0 aliphatic rings. The van der Waals surface area contributed by atoms with E-state index in [4.69, 9.17) is 16.7 Å². The van der Waals surface area contributed by atoms with Gasteiger partial charge in [0.2, 0.25) is 0 Å². The first kappa shape index (κ1) is 9.84. The Morgan fingerprint density at radius 1 is 1.67 bits per heavy atom. The van der Waals surface area contributed by atoms with E-state index < -0.39 is 0 Å². The molecule has 0 aromatic carbocycles. The quantitative estimate of drug-likeness (QED) is 0.765. The molecule has 0 spiro atoms. The summed E-state index contributed by atoms with van der Waals surface area (Å²) in [5.74, 6) is 0. The topological polar surface area (TPSA) is 33.1 Å². The number of rotatable bonds is 3. The van der Waals surface area contributed by atoms with Gasteiger partial charge in [0.05, 0.1) is 16.7 Å². The molecule has 1 atom stereocenters. The normalized spacial score (nSPS) is 12.9.